The van der Waals surface area contributed by atoms with Crippen molar-refractivity contribution in [1.29, 1.82) is 0 Å². The first kappa shape index (κ1) is 12.9. The smallest absolute Gasteiger partial charge is 0.227 e. The fourth-order valence-corrected chi connectivity index (χ4v) is 3.09. The zero-order chi connectivity index (χ0) is 12.3. The molecule has 2 fully saturated rings. The van der Waals surface area contributed by atoms with Gasteiger partial charge in [-0.2, -0.15) is 0 Å². The van der Waals surface area contributed by atoms with Crippen LogP contribution >= 0.6 is 0 Å². The second kappa shape index (κ2) is 5.38. The molecule has 2 aliphatic rings. The van der Waals surface area contributed by atoms with Gasteiger partial charge in [-0.05, 0) is 51.5 Å². The third-order valence-corrected chi connectivity index (χ3v) is 4.68. The molecular formula is C14H26N2O. The summed E-state index contributed by atoms with van der Waals surface area (Å²) < 4.78 is 0. The van der Waals surface area contributed by atoms with E-state index in [0.717, 1.165) is 25.4 Å². The average molecular weight is 238 g/mol. The largest absolute Gasteiger partial charge is 0.353 e. The molecule has 1 heterocycles. The standard InChI is InChI=1S/C14H26N2O/c1-3-11-4-6-12(7-5-11)16-13(17)14(2)8-9-15-10-14/h11-12,15H,3-10H2,1-2H3,(H,16,17). The number of hydrogen-bond donors (Lipinski definition) is 2. The topological polar surface area (TPSA) is 41.1 Å². The fraction of sp³-hybridized carbons (Fsp3) is 0.929. The van der Waals surface area contributed by atoms with Crippen molar-refractivity contribution in [1.82, 2.24) is 10.6 Å². The zero-order valence-electron chi connectivity index (χ0n) is 11.2. The molecule has 0 aromatic carbocycles. The Bertz CT molecular complexity index is 263. The van der Waals surface area contributed by atoms with Gasteiger partial charge in [-0.1, -0.05) is 13.3 Å². The van der Waals surface area contributed by atoms with Crippen LogP contribution in [0.2, 0.25) is 0 Å². The zero-order valence-corrected chi connectivity index (χ0v) is 11.2. The van der Waals surface area contributed by atoms with Crippen molar-refractivity contribution >= 4 is 5.91 Å². The highest BCUT2D eigenvalue weighted by Crippen LogP contribution is 2.29. The number of amides is 1. The third kappa shape index (κ3) is 3.01. The molecule has 98 valence electrons. The number of rotatable bonds is 3. The molecule has 0 spiro atoms. The minimum atomic E-state index is -0.165. The predicted octanol–water partition coefficient (Wildman–Crippen LogP) is 2.07. The van der Waals surface area contributed by atoms with E-state index in [9.17, 15) is 4.79 Å². The highest BCUT2D eigenvalue weighted by molar-refractivity contribution is 5.83. The maximum absolute atomic E-state index is 12.2. The lowest BCUT2D eigenvalue weighted by Crippen LogP contribution is -2.46. The van der Waals surface area contributed by atoms with Crippen molar-refractivity contribution in [3.63, 3.8) is 0 Å². The van der Waals surface area contributed by atoms with Gasteiger partial charge in [0.2, 0.25) is 5.91 Å². The van der Waals surface area contributed by atoms with E-state index in [2.05, 4.69) is 24.5 Å². The molecule has 17 heavy (non-hydrogen) atoms. The molecule has 1 aliphatic carbocycles. The third-order valence-electron chi connectivity index (χ3n) is 4.68. The summed E-state index contributed by atoms with van der Waals surface area (Å²) in [5.74, 6) is 1.16. The van der Waals surface area contributed by atoms with Crippen LogP contribution in [0.4, 0.5) is 0 Å². The SMILES string of the molecule is CCC1CCC(NC(=O)C2(C)CCNC2)CC1. The van der Waals surface area contributed by atoms with Crippen LogP contribution in [0.15, 0.2) is 0 Å². The van der Waals surface area contributed by atoms with Crippen molar-refractivity contribution in [2.45, 2.75) is 58.4 Å². The summed E-state index contributed by atoms with van der Waals surface area (Å²) in [6, 6.07) is 0.433. The van der Waals surface area contributed by atoms with Crippen molar-refractivity contribution in [3.8, 4) is 0 Å². The highest BCUT2D eigenvalue weighted by atomic mass is 16.2. The van der Waals surface area contributed by atoms with Crippen molar-refractivity contribution in [2.75, 3.05) is 13.1 Å². The molecule has 3 heteroatoms. The molecule has 1 atom stereocenters. The molecule has 1 saturated carbocycles. The van der Waals surface area contributed by atoms with E-state index in [1.165, 1.54) is 32.1 Å². The second-order valence-electron chi connectivity index (χ2n) is 6.09. The average Bonchev–Trinajstić information content (AvgIpc) is 2.78. The summed E-state index contributed by atoms with van der Waals surface area (Å²) in [7, 11) is 0. The van der Waals surface area contributed by atoms with E-state index < -0.39 is 0 Å². The van der Waals surface area contributed by atoms with E-state index in [0.29, 0.717) is 6.04 Å². The molecule has 0 bridgehead atoms. The van der Waals surface area contributed by atoms with Gasteiger partial charge in [-0.3, -0.25) is 4.79 Å². The Hall–Kier alpha value is -0.570. The summed E-state index contributed by atoms with van der Waals surface area (Å²) in [6.45, 7) is 6.17. The van der Waals surface area contributed by atoms with E-state index >= 15 is 0 Å². The number of nitrogens with one attached hydrogen (secondary N) is 2. The first-order chi connectivity index (χ1) is 8.14. The summed E-state index contributed by atoms with van der Waals surface area (Å²) in [4.78, 5) is 12.2. The molecule has 0 aromatic rings. The predicted molar refractivity (Wildman–Crippen MR) is 69.8 cm³/mol. The lowest BCUT2D eigenvalue weighted by atomic mass is 9.83. The van der Waals surface area contributed by atoms with E-state index in [1.807, 2.05) is 0 Å². The minimum Gasteiger partial charge on any atom is -0.353 e. The van der Waals surface area contributed by atoms with Gasteiger partial charge in [-0.25, -0.2) is 0 Å². The lowest BCUT2D eigenvalue weighted by Gasteiger charge is -2.31. The summed E-state index contributed by atoms with van der Waals surface area (Å²) >= 11 is 0. The maximum Gasteiger partial charge on any atom is 0.227 e. The quantitative estimate of drug-likeness (QED) is 0.790. The van der Waals surface area contributed by atoms with Gasteiger partial charge in [0.15, 0.2) is 0 Å². The first-order valence-corrected chi connectivity index (χ1v) is 7.16. The summed E-state index contributed by atoms with van der Waals surface area (Å²) in [5.41, 5.74) is -0.165. The fourth-order valence-electron chi connectivity index (χ4n) is 3.09. The molecule has 1 aliphatic heterocycles. The monoisotopic (exact) mass is 238 g/mol. The van der Waals surface area contributed by atoms with Crippen molar-refractivity contribution in [2.24, 2.45) is 11.3 Å². The Kier molecular flexibility index (Phi) is 4.08. The minimum absolute atomic E-state index is 0.165. The van der Waals surface area contributed by atoms with Crippen LogP contribution in [0.3, 0.4) is 0 Å². The molecule has 3 nitrogen and oxygen atoms in total. The van der Waals surface area contributed by atoms with Gasteiger partial charge in [0.05, 0.1) is 5.41 Å². The number of carbonyl (C=O) groups excluding carboxylic acids is 1. The Morgan fingerprint density at radius 3 is 2.59 bits per heavy atom. The van der Waals surface area contributed by atoms with Crippen LogP contribution in [0.25, 0.3) is 0 Å². The normalized spacial score (nSPS) is 38.0. The van der Waals surface area contributed by atoms with Gasteiger partial charge >= 0.3 is 0 Å². The molecule has 2 rings (SSSR count). The number of carbonyl (C=O) groups is 1. The lowest BCUT2D eigenvalue weighted by molar-refractivity contribution is -0.130. The Morgan fingerprint density at radius 1 is 1.35 bits per heavy atom. The molecule has 0 aromatic heterocycles. The van der Waals surface area contributed by atoms with E-state index in [4.69, 9.17) is 0 Å². The maximum atomic E-state index is 12.2. The van der Waals surface area contributed by atoms with Crippen LogP contribution in [0.1, 0.15) is 52.4 Å². The van der Waals surface area contributed by atoms with E-state index in [-0.39, 0.29) is 11.3 Å². The van der Waals surface area contributed by atoms with Gasteiger partial charge in [0, 0.05) is 12.6 Å². The summed E-state index contributed by atoms with van der Waals surface area (Å²) in [6.07, 6.45) is 7.19. The van der Waals surface area contributed by atoms with Crippen LogP contribution in [-0.4, -0.2) is 25.0 Å². The first-order valence-electron chi connectivity index (χ1n) is 7.16. The summed E-state index contributed by atoms with van der Waals surface area (Å²) in [5, 5.41) is 6.55. The Labute approximate surface area is 105 Å². The number of hydrogen-bond acceptors (Lipinski definition) is 2. The highest BCUT2D eigenvalue weighted by Gasteiger charge is 2.37. The van der Waals surface area contributed by atoms with Crippen LogP contribution in [0, 0.1) is 11.3 Å². The van der Waals surface area contributed by atoms with Gasteiger partial charge in [-0.15, -0.1) is 0 Å². The van der Waals surface area contributed by atoms with Crippen LogP contribution in [0.5, 0.6) is 0 Å². The molecular weight excluding hydrogens is 212 g/mol. The van der Waals surface area contributed by atoms with Gasteiger partial charge in [0.25, 0.3) is 0 Å². The molecule has 1 unspecified atom stereocenters. The Morgan fingerprint density at radius 2 is 2.06 bits per heavy atom. The van der Waals surface area contributed by atoms with Crippen molar-refractivity contribution < 1.29 is 4.79 Å². The van der Waals surface area contributed by atoms with Crippen LogP contribution < -0.4 is 10.6 Å². The molecule has 0 radical (unpaired) electrons. The van der Waals surface area contributed by atoms with E-state index in [1.54, 1.807) is 0 Å². The Balaban J connectivity index is 1.79. The second-order valence-corrected chi connectivity index (χ2v) is 6.09. The van der Waals surface area contributed by atoms with Crippen LogP contribution in [-0.2, 0) is 4.79 Å². The molecule has 2 N–H and O–H groups in total. The molecule has 1 saturated heterocycles. The van der Waals surface area contributed by atoms with Gasteiger partial charge in [0.1, 0.15) is 0 Å². The van der Waals surface area contributed by atoms with Gasteiger partial charge < -0.3 is 10.6 Å². The molecule has 1 amide bonds. The van der Waals surface area contributed by atoms with Crippen molar-refractivity contribution in [3.05, 3.63) is 0 Å².